The summed E-state index contributed by atoms with van der Waals surface area (Å²) in [6, 6.07) is 13.5. The summed E-state index contributed by atoms with van der Waals surface area (Å²) in [7, 11) is 1.55. The SMILES string of the molecule is COc1ccccc1/C=C1/C(=O)N(C(=O)c2ccc(NC(C)=O)cc2)N=C1C. The van der Waals surface area contributed by atoms with Gasteiger partial charge in [0.15, 0.2) is 0 Å². The lowest BCUT2D eigenvalue weighted by atomic mass is 10.1. The number of hydrazone groups is 1. The zero-order chi connectivity index (χ0) is 20.3. The first-order valence-corrected chi connectivity index (χ1v) is 8.57. The van der Waals surface area contributed by atoms with Crippen molar-refractivity contribution in [3.8, 4) is 5.75 Å². The quantitative estimate of drug-likeness (QED) is 0.655. The second-order valence-corrected chi connectivity index (χ2v) is 6.17. The molecule has 2 aromatic carbocycles. The summed E-state index contributed by atoms with van der Waals surface area (Å²) in [5, 5.41) is 7.60. The van der Waals surface area contributed by atoms with Crippen molar-refractivity contribution in [2.24, 2.45) is 5.10 Å². The molecule has 1 heterocycles. The van der Waals surface area contributed by atoms with Crippen molar-refractivity contribution in [3.05, 3.63) is 65.2 Å². The molecule has 0 saturated carbocycles. The molecule has 0 radical (unpaired) electrons. The normalized spacial score (nSPS) is 14.8. The standard InChI is InChI=1S/C21H19N3O4/c1-13-18(12-16-6-4-5-7-19(16)28-3)21(27)24(23-13)20(26)15-8-10-17(11-9-15)22-14(2)25/h4-12H,1-3H3,(H,22,25)/b18-12+. The number of anilines is 1. The van der Waals surface area contributed by atoms with E-state index in [0.29, 0.717) is 22.7 Å². The van der Waals surface area contributed by atoms with Gasteiger partial charge in [-0.15, -0.1) is 0 Å². The fraction of sp³-hybridized carbons (Fsp3) is 0.143. The molecule has 28 heavy (non-hydrogen) atoms. The van der Waals surface area contributed by atoms with Gasteiger partial charge in [0.05, 0.1) is 18.4 Å². The molecule has 3 rings (SSSR count). The van der Waals surface area contributed by atoms with Crippen molar-refractivity contribution < 1.29 is 19.1 Å². The van der Waals surface area contributed by atoms with Gasteiger partial charge in [0.2, 0.25) is 5.91 Å². The molecule has 2 aromatic rings. The maximum atomic E-state index is 12.8. The van der Waals surface area contributed by atoms with Gasteiger partial charge in [-0.1, -0.05) is 18.2 Å². The molecule has 0 saturated heterocycles. The first-order chi connectivity index (χ1) is 13.4. The van der Waals surface area contributed by atoms with E-state index in [1.54, 1.807) is 38.3 Å². The molecule has 0 aliphatic carbocycles. The van der Waals surface area contributed by atoms with Crippen LogP contribution in [0.1, 0.15) is 29.8 Å². The van der Waals surface area contributed by atoms with Crippen molar-refractivity contribution in [2.45, 2.75) is 13.8 Å². The monoisotopic (exact) mass is 377 g/mol. The van der Waals surface area contributed by atoms with Crippen molar-refractivity contribution >= 4 is 35.2 Å². The molecule has 0 spiro atoms. The van der Waals surface area contributed by atoms with Crippen LogP contribution >= 0.6 is 0 Å². The molecule has 0 aromatic heterocycles. The number of rotatable bonds is 4. The smallest absolute Gasteiger partial charge is 0.283 e. The van der Waals surface area contributed by atoms with Crippen LogP contribution < -0.4 is 10.1 Å². The number of methoxy groups -OCH3 is 1. The van der Waals surface area contributed by atoms with Gasteiger partial charge in [-0.2, -0.15) is 10.1 Å². The number of amides is 3. The molecule has 7 nitrogen and oxygen atoms in total. The Hall–Kier alpha value is -3.74. The van der Waals surface area contributed by atoms with Crippen LogP contribution in [0.25, 0.3) is 6.08 Å². The van der Waals surface area contributed by atoms with Gasteiger partial charge in [-0.3, -0.25) is 14.4 Å². The molecule has 0 fully saturated rings. The number of imide groups is 1. The second kappa shape index (κ2) is 7.87. The molecule has 7 heteroatoms. The lowest BCUT2D eigenvalue weighted by Gasteiger charge is -2.11. The Balaban J connectivity index is 1.85. The fourth-order valence-corrected chi connectivity index (χ4v) is 2.78. The van der Waals surface area contributed by atoms with Crippen LogP contribution in [0, 0.1) is 0 Å². The lowest BCUT2D eigenvalue weighted by molar-refractivity contribution is -0.123. The third kappa shape index (κ3) is 3.83. The van der Waals surface area contributed by atoms with Crippen LogP contribution in [0.3, 0.4) is 0 Å². The minimum atomic E-state index is -0.540. The first kappa shape index (κ1) is 19.0. The van der Waals surface area contributed by atoms with Gasteiger partial charge >= 0.3 is 0 Å². The highest BCUT2D eigenvalue weighted by molar-refractivity contribution is 6.30. The van der Waals surface area contributed by atoms with Crippen LogP contribution in [0.15, 0.2) is 59.2 Å². The average Bonchev–Trinajstić information content (AvgIpc) is 2.96. The summed E-state index contributed by atoms with van der Waals surface area (Å²) in [6.07, 6.45) is 1.66. The average molecular weight is 377 g/mol. The molecule has 1 aliphatic heterocycles. The minimum Gasteiger partial charge on any atom is -0.496 e. The summed E-state index contributed by atoms with van der Waals surface area (Å²) >= 11 is 0. The van der Waals surface area contributed by atoms with Crippen LogP contribution in [0.2, 0.25) is 0 Å². The number of hydrogen-bond acceptors (Lipinski definition) is 5. The van der Waals surface area contributed by atoms with Crippen molar-refractivity contribution in [2.75, 3.05) is 12.4 Å². The number of carbonyl (C=O) groups is 3. The van der Waals surface area contributed by atoms with E-state index >= 15 is 0 Å². The van der Waals surface area contributed by atoms with Crippen LogP contribution in [0.5, 0.6) is 5.75 Å². The zero-order valence-corrected chi connectivity index (χ0v) is 15.7. The van der Waals surface area contributed by atoms with Gasteiger partial charge in [-0.25, -0.2) is 0 Å². The predicted octanol–water partition coefficient (Wildman–Crippen LogP) is 3.10. The maximum absolute atomic E-state index is 12.8. The molecule has 1 N–H and O–H groups in total. The molecule has 0 unspecified atom stereocenters. The highest BCUT2D eigenvalue weighted by Crippen LogP contribution is 2.25. The summed E-state index contributed by atoms with van der Waals surface area (Å²) in [4.78, 5) is 36.6. The highest BCUT2D eigenvalue weighted by Gasteiger charge is 2.33. The molecule has 1 aliphatic rings. The molecule has 0 bridgehead atoms. The van der Waals surface area contributed by atoms with Crippen LogP contribution in [-0.2, 0) is 9.59 Å². The Morgan fingerprint density at radius 2 is 1.79 bits per heavy atom. The van der Waals surface area contributed by atoms with Gasteiger partial charge in [0.1, 0.15) is 5.75 Å². The second-order valence-electron chi connectivity index (χ2n) is 6.17. The Bertz CT molecular complexity index is 1010. The molecular formula is C21H19N3O4. The van der Waals surface area contributed by atoms with E-state index in [1.165, 1.54) is 19.1 Å². The maximum Gasteiger partial charge on any atom is 0.283 e. The summed E-state index contributed by atoms with van der Waals surface area (Å²) in [6.45, 7) is 3.07. The molecule has 142 valence electrons. The molecule has 3 amide bonds. The number of nitrogens with zero attached hydrogens (tertiary/aromatic N) is 2. The fourth-order valence-electron chi connectivity index (χ4n) is 2.78. The number of nitrogens with one attached hydrogen (secondary N) is 1. The Morgan fingerprint density at radius 1 is 1.11 bits per heavy atom. The van der Waals surface area contributed by atoms with Crippen LogP contribution in [0.4, 0.5) is 5.69 Å². The van der Waals surface area contributed by atoms with E-state index in [1.807, 2.05) is 18.2 Å². The number of ether oxygens (including phenoxy) is 1. The van der Waals surface area contributed by atoms with E-state index < -0.39 is 11.8 Å². The number of carbonyl (C=O) groups excluding carboxylic acids is 3. The van der Waals surface area contributed by atoms with Crippen molar-refractivity contribution in [1.29, 1.82) is 0 Å². The number of para-hydroxylation sites is 1. The highest BCUT2D eigenvalue weighted by atomic mass is 16.5. The summed E-state index contributed by atoms with van der Waals surface area (Å²) in [5.41, 5.74) is 2.34. The van der Waals surface area contributed by atoms with Gasteiger partial charge in [-0.05, 0) is 43.3 Å². The van der Waals surface area contributed by atoms with E-state index in [9.17, 15) is 14.4 Å². The van der Waals surface area contributed by atoms with E-state index in [4.69, 9.17) is 4.74 Å². The van der Waals surface area contributed by atoms with Gasteiger partial charge in [0, 0.05) is 23.7 Å². The Morgan fingerprint density at radius 3 is 2.43 bits per heavy atom. The first-order valence-electron chi connectivity index (χ1n) is 8.57. The molecule has 0 atom stereocenters. The zero-order valence-electron chi connectivity index (χ0n) is 15.7. The lowest BCUT2D eigenvalue weighted by Crippen LogP contribution is -2.29. The van der Waals surface area contributed by atoms with Gasteiger partial charge < -0.3 is 10.1 Å². The van der Waals surface area contributed by atoms with Gasteiger partial charge in [0.25, 0.3) is 11.8 Å². The predicted molar refractivity (Wildman–Crippen MR) is 106 cm³/mol. The summed E-state index contributed by atoms with van der Waals surface area (Å²) < 4.78 is 5.30. The Kier molecular flexibility index (Phi) is 5.35. The largest absolute Gasteiger partial charge is 0.496 e. The topological polar surface area (TPSA) is 88.1 Å². The minimum absolute atomic E-state index is 0.208. The van der Waals surface area contributed by atoms with E-state index in [0.717, 1.165) is 10.6 Å². The summed E-state index contributed by atoms with van der Waals surface area (Å²) in [5.74, 6) is -0.629. The van der Waals surface area contributed by atoms with E-state index in [2.05, 4.69) is 10.4 Å². The number of benzene rings is 2. The van der Waals surface area contributed by atoms with Crippen LogP contribution in [-0.4, -0.2) is 35.6 Å². The molecular weight excluding hydrogens is 358 g/mol. The third-order valence-electron chi connectivity index (χ3n) is 4.15. The van der Waals surface area contributed by atoms with Crippen molar-refractivity contribution in [1.82, 2.24) is 5.01 Å². The van der Waals surface area contributed by atoms with E-state index in [-0.39, 0.29) is 11.5 Å². The Labute approximate surface area is 162 Å². The van der Waals surface area contributed by atoms with Crippen molar-refractivity contribution in [3.63, 3.8) is 0 Å². The number of hydrogen-bond donors (Lipinski definition) is 1. The third-order valence-corrected chi connectivity index (χ3v) is 4.15.